The van der Waals surface area contributed by atoms with Crippen LogP contribution in [-0.2, 0) is 21.2 Å². The van der Waals surface area contributed by atoms with Crippen molar-refractivity contribution < 1.29 is 13.2 Å². The van der Waals surface area contributed by atoms with E-state index in [1.165, 1.54) is 0 Å². The monoisotopic (exact) mass is 282 g/mol. The molecule has 1 aromatic carbocycles. The van der Waals surface area contributed by atoms with E-state index in [4.69, 9.17) is 5.14 Å². The maximum atomic E-state index is 12.0. The van der Waals surface area contributed by atoms with E-state index in [0.29, 0.717) is 6.54 Å². The number of hydrogen-bond acceptors (Lipinski definition) is 3. The third-order valence-electron chi connectivity index (χ3n) is 3.30. The number of carbonyl (C=O) groups is 1. The summed E-state index contributed by atoms with van der Waals surface area (Å²) in [6.45, 7) is 2.47. The number of benzene rings is 1. The Bertz CT molecular complexity index is 583. The quantitative estimate of drug-likeness (QED) is 0.890. The maximum Gasteiger partial charge on any atom is 0.227 e. The van der Waals surface area contributed by atoms with Crippen molar-refractivity contribution >= 4 is 21.6 Å². The number of rotatable bonds is 4. The SMILES string of the molecule is CCc1cccc(N2CC(CS(N)(=O)=O)CC2=O)c1. The van der Waals surface area contributed by atoms with E-state index in [1.807, 2.05) is 24.3 Å². The molecule has 0 aliphatic carbocycles. The van der Waals surface area contributed by atoms with Crippen molar-refractivity contribution in [2.75, 3.05) is 17.2 Å². The molecular weight excluding hydrogens is 264 g/mol. The number of anilines is 1. The van der Waals surface area contributed by atoms with Gasteiger partial charge in [0.2, 0.25) is 15.9 Å². The summed E-state index contributed by atoms with van der Waals surface area (Å²) in [7, 11) is -3.53. The van der Waals surface area contributed by atoms with Gasteiger partial charge in [-0.15, -0.1) is 0 Å². The van der Waals surface area contributed by atoms with Gasteiger partial charge in [0.05, 0.1) is 5.75 Å². The van der Waals surface area contributed by atoms with Crippen LogP contribution < -0.4 is 10.0 Å². The highest BCUT2D eigenvalue weighted by molar-refractivity contribution is 7.89. The standard InChI is InChI=1S/C13H18N2O3S/c1-2-10-4-3-5-12(6-10)15-8-11(7-13(15)16)9-19(14,17)18/h3-6,11H,2,7-9H2,1H3,(H2,14,17,18). The van der Waals surface area contributed by atoms with Crippen LogP contribution in [0.25, 0.3) is 0 Å². The molecule has 1 fully saturated rings. The third kappa shape index (κ3) is 3.54. The van der Waals surface area contributed by atoms with Crippen LogP contribution in [0.2, 0.25) is 0 Å². The number of primary sulfonamides is 1. The molecule has 1 heterocycles. The first kappa shape index (κ1) is 14.0. The van der Waals surface area contributed by atoms with Crippen molar-refractivity contribution in [3.05, 3.63) is 29.8 Å². The zero-order chi connectivity index (χ0) is 14.0. The van der Waals surface area contributed by atoms with E-state index in [2.05, 4.69) is 6.92 Å². The minimum absolute atomic E-state index is 0.0399. The fourth-order valence-corrected chi connectivity index (χ4v) is 3.30. The maximum absolute atomic E-state index is 12.0. The zero-order valence-corrected chi connectivity index (χ0v) is 11.7. The molecule has 0 spiro atoms. The van der Waals surface area contributed by atoms with Gasteiger partial charge in [-0.2, -0.15) is 0 Å². The second-order valence-corrected chi connectivity index (χ2v) is 6.59. The minimum Gasteiger partial charge on any atom is -0.312 e. The lowest BCUT2D eigenvalue weighted by Crippen LogP contribution is -2.27. The Hall–Kier alpha value is -1.40. The topological polar surface area (TPSA) is 80.5 Å². The molecule has 1 aliphatic heterocycles. The van der Waals surface area contributed by atoms with Gasteiger partial charge in [0.25, 0.3) is 0 Å². The minimum atomic E-state index is -3.53. The van der Waals surface area contributed by atoms with Gasteiger partial charge < -0.3 is 4.90 Å². The van der Waals surface area contributed by atoms with Gasteiger partial charge in [0, 0.05) is 24.6 Å². The Morgan fingerprint density at radius 1 is 1.42 bits per heavy atom. The molecule has 0 bridgehead atoms. The first-order valence-electron chi connectivity index (χ1n) is 6.29. The normalized spacial score (nSPS) is 20.0. The molecule has 1 atom stereocenters. The number of hydrogen-bond donors (Lipinski definition) is 1. The van der Waals surface area contributed by atoms with E-state index in [0.717, 1.165) is 17.7 Å². The van der Waals surface area contributed by atoms with Crippen LogP contribution in [-0.4, -0.2) is 26.6 Å². The fourth-order valence-electron chi connectivity index (χ4n) is 2.42. The molecule has 1 saturated heterocycles. The van der Waals surface area contributed by atoms with Crippen molar-refractivity contribution in [2.45, 2.75) is 19.8 Å². The molecule has 104 valence electrons. The molecule has 0 aromatic heterocycles. The summed E-state index contributed by atoms with van der Waals surface area (Å²) in [4.78, 5) is 13.6. The Labute approximate surface area is 113 Å². The summed E-state index contributed by atoms with van der Waals surface area (Å²) in [6.07, 6.45) is 1.14. The van der Waals surface area contributed by atoms with Gasteiger partial charge >= 0.3 is 0 Å². The predicted molar refractivity (Wildman–Crippen MR) is 74.3 cm³/mol. The molecule has 2 rings (SSSR count). The second kappa shape index (κ2) is 5.30. The first-order valence-corrected chi connectivity index (χ1v) is 8.00. The van der Waals surface area contributed by atoms with Crippen LogP contribution in [0, 0.1) is 5.92 Å². The molecule has 19 heavy (non-hydrogen) atoms. The molecular formula is C13H18N2O3S. The highest BCUT2D eigenvalue weighted by Crippen LogP contribution is 2.26. The highest BCUT2D eigenvalue weighted by Gasteiger charge is 2.32. The van der Waals surface area contributed by atoms with Gasteiger partial charge in [-0.3, -0.25) is 4.79 Å². The molecule has 1 amide bonds. The molecule has 1 unspecified atom stereocenters. The third-order valence-corrected chi connectivity index (χ3v) is 4.24. The van der Waals surface area contributed by atoms with E-state index in [-0.39, 0.29) is 24.0 Å². The highest BCUT2D eigenvalue weighted by atomic mass is 32.2. The van der Waals surface area contributed by atoms with Crippen molar-refractivity contribution in [1.29, 1.82) is 0 Å². The number of sulfonamides is 1. The van der Waals surface area contributed by atoms with Crippen LogP contribution >= 0.6 is 0 Å². The second-order valence-electron chi connectivity index (χ2n) is 4.93. The average Bonchev–Trinajstić information content (AvgIpc) is 2.68. The number of aryl methyl sites for hydroxylation is 1. The Kier molecular flexibility index (Phi) is 3.91. The van der Waals surface area contributed by atoms with Gasteiger partial charge in [-0.25, -0.2) is 13.6 Å². The Morgan fingerprint density at radius 3 is 2.79 bits per heavy atom. The summed E-state index contributed by atoms with van der Waals surface area (Å²) < 4.78 is 22.2. The van der Waals surface area contributed by atoms with E-state index in [9.17, 15) is 13.2 Å². The summed E-state index contributed by atoms with van der Waals surface area (Å²) in [6, 6.07) is 7.76. The molecule has 6 heteroatoms. The predicted octanol–water partition coefficient (Wildman–Crippen LogP) is 0.890. The molecule has 2 N–H and O–H groups in total. The van der Waals surface area contributed by atoms with Gasteiger partial charge in [0.15, 0.2) is 0 Å². The van der Waals surface area contributed by atoms with Crippen LogP contribution in [0.1, 0.15) is 18.9 Å². The summed E-state index contributed by atoms with van der Waals surface area (Å²) in [5.74, 6) is -0.391. The summed E-state index contributed by atoms with van der Waals surface area (Å²) >= 11 is 0. The summed E-state index contributed by atoms with van der Waals surface area (Å²) in [5.41, 5.74) is 1.99. The largest absolute Gasteiger partial charge is 0.312 e. The zero-order valence-electron chi connectivity index (χ0n) is 10.9. The molecule has 0 saturated carbocycles. The van der Waals surface area contributed by atoms with Crippen molar-refractivity contribution in [3.8, 4) is 0 Å². The van der Waals surface area contributed by atoms with Crippen molar-refractivity contribution in [2.24, 2.45) is 11.1 Å². The van der Waals surface area contributed by atoms with E-state index < -0.39 is 10.0 Å². The summed E-state index contributed by atoms with van der Waals surface area (Å²) in [5, 5.41) is 5.03. The van der Waals surface area contributed by atoms with Crippen molar-refractivity contribution in [3.63, 3.8) is 0 Å². The lowest BCUT2D eigenvalue weighted by Gasteiger charge is -2.17. The van der Waals surface area contributed by atoms with Crippen molar-refractivity contribution in [1.82, 2.24) is 0 Å². The van der Waals surface area contributed by atoms with Crippen LogP contribution in [0.15, 0.2) is 24.3 Å². The molecule has 1 aliphatic rings. The Balaban J connectivity index is 2.15. The van der Waals surface area contributed by atoms with E-state index in [1.54, 1.807) is 4.90 Å². The van der Waals surface area contributed by atoms with Crippen LogP contribution in [0.4, 0.5) is 5.69 Å². The molecule has 1 aromatic rings. The van der Waals surface area contributed by atoms with Gasteiger partial charge in [0.1, 0.15) is 0 Å². The number of carbonyl (C=O) groups excluding carboxylic acids is 1. The number of nitrogens with two attached hydrogens (primary N) is 1. The van der Waals surface area contributed by atoms with Gasteiger partial charge in [-0.05, 0) is 24.1 Å². The average molecular weight is 282 g/mol. The Morgan fingerprint density at radius 2 is 2.16 bits per heavy atom. The van der Waals surface area contributed by atoms with E-state index >= 15 is 0 Å². The first-order chi connectivity index (χ1) is 8.89. The number of amides is 1. The lowest BCUT2D eigenvalue weighted by molar-refractivity contribution is -0.117. The number of nitrogens with zero attached hydrogens (tertiary/aromatic N) is 1. The molecule has 0 radical (unpaired) electrons. The molecule has 5 nitrogen and oxygen atoms in total. The van der Waals surface area contributed by atoms with Crippen LogP contribution in [0.3, 0.4) is 0 Å². The fraction of sp³-hybridized carbons (Fsp3) is 0.462. The van der Waals surface area contributed by atoms with Gasteiger partial charge in [-0.1, -0.05) is 19.1 Å². The lowest BCUT2D eigenvalue weighted by atomic mass is 10.1. The smallest absolute Gasteiger partial charge is 0.227 e. The van der Waals surface area contributed by atoms with Crippen LogP contribution in [0.5, 0.6) is 0 Å².